The highest BCUT2D eigenvalue weighted by Gasteiger charge is 2.54. The number of phenolic OH excluding ortho intramolecular Hbond substituents is 2. The molecular formula is C27H22F2N4O6. The Bertz CT molecular complexity index is 1500. The molecule has 0 saturated heterocycles. The number of esters is 1. The number of nitrogens with one attached hydrogen (secondary N) is 1. The van der Waals surface area contributed by atoms with Gasteiger partial charge in [-0.1, -0.05) is 24.0 Å². The molecule has 5 rings (SSSR count). The van der Waals surface area contributed by atoms with Crippen molar-refractivity contribution >= 4 is 11.9 Å². The molecule has 2 aliphatic heterocycles. The molecule has 0 aliphatic carbocycles. The van der Waals surface area contributed by atoms with Crippen molar-refractivity contribution < 1.29 is 38.1 Å². The largest absolute Gasteiger partial charge is 0.505 e. The number of hydrogen-bond donors (Lipinski definition) is 3. The fourth-order valence-corrected chi connectivity index (χ4v) is 4.89. The van der Waals surface area contributed by atoms with Crippen molar-refractivity contribution in [1.29, 1.82) is 0 Å². The van der Waals surface area contributed by atoms with Gasteiger partial charge in [0.1, 0.15) is 11.5 Å². The molecule has 0 unspecified atom stereocenters. The quantitative estimate of drug-likeness (QED) is 0.113. The number of unbranched alkanes of at least 4 members (excludes halogenated alkanes) is 3. The van der Waals surface area contributed by atoms with Crippen LogP contribution in [0, 0.1) is 11.6 Å². The number of carbonyl (C=O) groups excluding carboxylic acids is 2. The summed E-state index contributed by atoms with van der Waals surface area (Å²) in [7, 11) is 0. The van der Waals surface area contributed by atoms with Crippen LogP contribution in [-0.4, -0.2) is 35.2 Å². The lowest BCUT2D eigenvalue weighted by Crippen LogP contribution is -2.33. The molecule has 3 aromatic rings. The third kappa shape index (κ3) is 4.44. The number of benzene rings is 3. The van der Waals surface area contributed by atoms with E-state index < -0.39 is 40.6 Å². The summed E-state index contributed by atoms with van der Waals surface area (Å²) in [4.78, 5) is 28.6. The Hall–Kier alpha value is -4.83. The van der Waals surface area contributed by atoms with Gasteiger partial charge >= 0.3 is 5.97 Å². The lowest BCUT2D eigenvalue weighted by molar-refractivity contribution is 0.0221. The van der Waals surface area contributed by atoms with E-state index in [9.17, 15) is 28.6 Å². The molecule has 3 N–H and O–H groups in total. The number of ether oxygens (including phenoxy) is 2. The topological polar surface area (TPSA) is 154 Å². The zero-order valence-electron chi connectivity index (χ0n) is 20.4. The van der Waals surface area contributed by atoms with Crippen LogP contribution in [-0.2, 0) is 10.3 Å². The Morgan fingerprint density at radius 2 is 1.59 bits per heavy atom. The lowest BCUT2D eigenvalue weighted by atomic mass is 9.77. The smallest absolute Gasteiger partial charge is 0.340 e. The third-order valence-electron chi connectivity index (χ3n) is 6.74. The number of carbonyl (C=O) groups is 2. The highest BCUT2D eigenvalue weighted by molar-refractivity contribution is 6.01. The third-order valence-corrected chi connectivity index (χ3v) is 6.74. The molecule has 1 amide bonds. The summed E-state index contributed by atoms with van der Waals surface area (Å²) in [6.45, 7) is 0.827. The van der Waals surface area contributed by atoms with Crippen molar-refractivity contribution in [3.8, 4) is 23.0 Å². The maximum Gasteiger partial charge on any atom is 0.340 e. The molecule has 0 radical (unpaired) electrons. The molecule has 0 bridgehead atoms. The zero-order valence-corrected chi connectivity index (χ0v) is 20.4. The molecule has 39 heavy (non-hydrogen) atoms. The molecule has 0 atom stereocenters. The van der Waals surface area contributed by atoms with Gasteiger partial charge in [0.05, 0.1) is 16.7 Å². The second kappa shape index (κ2) is 10.1. The molecule has 2 aliphatic rings. The first-order valence-electron chi connectivity index (χ1n) is 12.2. The fourth-order valence-electron chi connectivity index (χ4n) is 4.89. The summed E-state index contributed by atoms with van der Waals surface area (Å²) >= 11 is 0. The number of nitrogens with zero attached hydrogens (tertiary/aromatic N) is 3. The van der Waals surface area contributed by atoms with E-state index in [0.29, 0.717) is 19.5 Å². The van der Waals surface area contributed by atoms with Gasteiger partial charge in [-0.25, -0.2) is 13.6 Å². The van der Waals surface area contributed by atoms with E-state index in [0.717, 1.165) is 43.5 Å². The number of rotatable bonds is 8. The summed E-state index contributed by atoms with van der Waals surface area (Å²) in [6.07, 6.45) is 3.16. The second-order valence-corrected chi connectivity index (χ2v) is 9.16. The molecule has 3 aromatic carbocycles. The molecule has 10 nitrogen and oxygen atoms in total. The molecule has 12 heteroatoms. The van der Waals surface area contributed by atoms with Crippen molar-refractivity contribution in [2.24, 2.45) is 5.11 Å². The van der Waals surface area contributed by atoms with Crippen LogP contribution in [0.5, 0.6) is 23.0 Å². The molecular weight excluding hydrogens is 514 g/mol. The van der Waals surface area contributed by atoms with E-state index in [-0.39, 0.29) is 39.3 Å². The normalized spacial score (nSPS) is 13.9. The van der Waals surface area contributed by atoms with Crippen molar-refractivity contribution in [3.63, 3.8) is 0 Å². The van der Waals surface area contributed by atoms with Crippen LogP contribution in [0.3, 0.4) is 0 Å². The SMILES string of the molecule is [N-]=[N+]=NCCCCCCNC(=O)c1ccc2c(c1)C(=O)OC21c2cc(F)c(O)cc2Oc2cc(O)c(F)cc21. The van der Waals surface area contributed by atoms with Gasteiger partial charge in [-0.3, -0.25) is 4.79 Å². The van der Waals surface area contributed by atoms with Gasteiger partial charge in [0, 0.05) is 41.3 Å². The van der Waals surface area contributed by atoms with E-state index in [1.54, 1.807) is 0 Å². The minimum atomic E-state index is -1.86. The molecule has 0 fully saturated rings. The first kappa shape index (κ1) is 25.8. The summed E-state index contributed by atoms with van der Waals surface area (Å²) < 4.78 is 40.6. The number of phenols is 2. The zero-order chi connectivity index (χ0) is 27.7. The van der Waals surface area contributed by atoms with Crippen LogP contribution >= 0.6 is 0 Å². The predicted molar refractivity (Wildman–Crippen MR) is 133 cm³/mol. The average Bonchev–Trinajstić information content (AvgIpc) is 3.20. The lowest BCUT2D eigenvalue weighted by Gasteiger charge is -2.36. The maximum atomic E-state index is 14.5. The van der Waals surface area contributed by atoms with E-state index in [4.69, 9.17) is 15.0 Å². The average molecular weight is 536 g/mol. The summed E-state index contributed by atoms with van der Waals surface area (Å²) in [5.74, 6) is -4.84. The highest BCUT2D eigenvalue weighted by atomic mass is 19.1. The first-order valence-corrected chi connectivity index (χ1v) is 12.2. The molecule has 0 saturated carbocycles. The van der Waals surface area contributed by atoms with Crippen LogP contribution in [0.25, 0.3) is 10.4 Å². The van der Waals surface area contributed by atoms with E-state index in [2.05, 4.69) is 15.3 Å². The number of fused-ring (bicyclic) bond motifs is 6. The van der Waals surface area contributed by atoms with Crippen molar-refractivity contribution in [2.45, 2.75) is 31.3 Å². The van der Waals surface area contributed by atoms with Crippen molar-refractivity contribution in [2.75, 3.05) is 13.1 Å². The van der Waals surface area contributed by atoms with Gasteiger partial charge < -0.3 is 25.0 Å². The summed E-state index contributed by atoms with van der Waals surface area (Å²) in [5.41, 5.74) is 6.84. The Balaban J connectivity index is 1.47. The number of hydrogen-bond acceptors (Lipinski definition) is 7. The maximum absolute atomic E-state index is 14.5. The fraction of sp³-hybridized carbons (Fsp3) is 0.259. The molecule has 0 aromatic heterocycles. The van der Waals surface area contributed by atoms with Crippen LogP contribution in [0.15, 0.2) is 47.6 Å². The van der Waals surface area contributed by atoms with E-state index in [1.165, 1.54) is 18.2 Å². The summed E-state index contributed by atoms with van der Waals surface area (Å²) in [6, 6.07) is 8.17. The Morgan fingerprint density at radius 3 is 2.23 bits per heavy atom. The predicted octanol–water partition coefficient (Wildman–Crippen LogP) is 5.54. The van der Waals surface area contributed by atoms with Gasteiger partial charge in [0.25, 0.3) is 5.91 Å². The minimum Gasteiger partial charge on any atom is -0.505 e. The Labute approximate surface area is 220 Å². The Morgan fingerprint density at radius 1 is 0.949 bits per heavy atom. The Kier molecular flexibility index (Phi) is 6.71. The second-order valence-electron chi connectivity index (χ2n) is 9.16. The standard InChI is InChI=1S/C27H22F2N4O6/c28-19-10-17-23(12-21(19)34)38-24-13-22(35)20(29)11-18(24)27(17)16-6-5-14(9-15(16)26(37)39-27)25(36)31-7-3-1-2-4-8-32-33-30/h5-6,9-13,34-35H,1-4,7-8H2,(H,31,36). The monoisotopic (exact) mass is 536 g/mol. The van der Waals surface area contributed by atoms with Crippen LogP contribution < -0.4 is 10.1 Å². The molecule has 2 heterocycles. The van der Waals surface area contributed by atoms with E-state index >= 15 is 0 Å². The summed E-state index contributed by atoms with van der Waals surface area (Å²) in [5, 5.41) is 26.1. The van der Waals surface area contributed by atoms with Gasteiger partial charge in [0.15, 0.2) is 28.7 Å². The van der Waals surface area contributed by atoms with Gasteiger partial charge in [-0.2, -0.15) is 0 Å². The van der Waals surface area contributed by atoms with Crippen molar-refractivity contribution in [1.82, 2.24) is 5.32 Å². The van der Waals surface area contributed by atoms with E-state index in [1.807, 2.05) is 0 Å². The molecule has 200 valence electrons. The van der Waals surface area contributed by atoms with Crippen LogP contribution in [0.1, 0.15) is 63.1 Å². The number of halogens is 2. The molecule has 1 spiro atoms. The van der Waals surface area contributed by atoms with Crippen LogP contribution in [0.2, 0.25) is 0 Å². The van der Waals surface area contributed by atoms with Gasteiger partial charge in [-0.15, -0.1) is 0 Å². The van der Waals surface area contributed by atoms with Crippen molar-refractivity contribution in [3.05, 3.63) is 92.4 Å². The van der Waals surface area contributed by atoms with Crippen LogP contribution in [0.4, 0.5) is 8.78 Å². The highest BCUT2D eigenvalue weighted by Crippen LogP contribution is 2.57. The van der Waals surface area contributed by atoms with Gasteiger partial charge in [0.2, 0.25) is 0 Å². The number of amides is 1. The van der Waals surface area contributed by atoms with Gasteiger partial charge in [-0.05, 0) is 42.6 Å². The first-order chi connectivity index (χ1) is 18.8. The number of azide groups is 1. The minimum absolute atomic E-state index is 0.000141. The number of aromatic hydroxyl groups is 2.